The second kappa shape index (κ2) is 14.8. The van der Waals surface area contributed by atoms with Crippen molar-refractivity contribution in [1.29, 1.82) is 0 Å². The molecule has 3 aromatic rings. The van der Waals surface area contributed by atoms with Gasteiger partial charge in [0.05, 0.1) is 21.6 Å². The van der Waals surface area contributed by atoms with Crippen molar-refractivity contribution < 1.29 is 38.4 Å². The molecule has 0 saturated heterocycles. The van der Waals surface area contributed by atoms with E-state index in [1.54, 1.807) is 12.1 Å². The van der Waals surface area contributed by atoms with Crippen LogP contribution in [0.15, 0.2) is 36.4 Å². The van der Waals surface area contributed by atoms with E-state index >= 15 is 0 Å². The molecule has 3 amide bonds. The normalized spacial score (nSPS) is 18.0. The van der Waals surface area contributed by atoms with Crippen LogP contribution in [0, 0.1) is 5.92 Å². The zero-order valence-corrected chi connectivity index (χ0v) is 28.7. The number of hydrogen-bond donors (Lipinski definition) is 8. The Labute approximate surface area is 286 Å². The SMILES string of the molecule is CC[C@H](C)[C@H](NC(=O)[C@@]1(NC(=O)C(CCc2ccc(OP(=O)(O)O)cc2)NC(=O)O)CCc2[nH]c3c(Cl)cc(Cl)cc3c2C1)C(N)=S. The van der Waals surface area contributed by atoms with Gasteiger partial charge in [-0.3, -0.25) is 19.4 Å². The van der Waals surface area contributed by atoms with Crippen LogP contribution in [0.1, 0.15) is 49.9 Å². The maximum absolute atomic E-state index is 14.2. The van der Waals surface area contributed by atoms with Crippen molar-refractivity contribution in [1.82, 2.24) is 20.9 Å². The Kier molecular flexibility index (Phi) is 11.5. The first-order valence-corrected chi connectivity index (χ1v) is 17.5. The molecule has 17 heteroatoms. The maximum Gasteiger partial charge on any atom is 0.524 e. The largest absolute Gasteiger partial charge is 0.524 e. The van der Waals surface area contributed by atoms with Crippen molar-refractivity contribution in [3.63, 3.8) is 0 Å². The molecule has 9 N–H and O–H groups in total. The van der Waals surface area contributed by atoms with E-state index in [9.17, 15) is 24.1 Å². The molecule has 1 aliphatic rings. The number of phosphoric ester groups is 1. The van der Waals surface area contributed by atoms with Crippen LogP contribution in [0.2, 0.25) is 10.0 Å². The second-order valence-corrected chi connectivity index (χ2v) is 14.1. The van der Waals surface area contributed by atoms with Gasteiger partial charge in [-0.15, -0.1) is 0 Å². The molecule has 1 aliphatic carbocycles. The molecular formula is C30H36Cl2N5O8PS. The Morgan fingerprint density at radius 1 is 1.17 bits per heavy atom. The first kappa shape index (κ1) is 36.4. The number of fused-ring (bicyclic) bond motifs is 3. The van der Waals surface area contributed by atoms with Gasteiger partial charge in [0.15, 0.2) is 0 Å². The summed E-state index contributed by atoms with van der Waals surface area (Å²) in [6, 6.07) is 7.19. The molecule has 1 heterocycles. The predicted octanol–water partition coefficient (Wildman–Crippen LogP) is 4.38. The van der Waals surface area contributed by atoms with E-state index in [2.05, 4.69) is 25.5 Å². The second-order valence-electron chi connectivity index (χ2n) is 11.6. The highest BCUT2D eigenvalue weighted by atomic mass is 35.5. The molecule has 0 radical (unpaired) electrons. The monoisotopic (exact) mass is 727 g/mol. The molecule has 1 aromatic heterocycles. The van der Waals surface area contributed by atoms with Gasteiger partial charge in [-0.2, -0.15) is 0 Å². The third-order valence-electron chi connectivity index (χ3n) is 8.39. The fraction of sp³-hybridized carbons (Fsp3) is 0.400. The van der Waals surface area contributed by atoms with E-state index in [1.807, 2.05) is 13.8 Å². The van der Waals surface area contributed by atoms with E-state index in [1.165, 1.54) is 24.3 Å². The summed E-state index contributed by atoms with van der Waals surface area (Å²) >= 11 is 18.1. The number of benzene rings is 2. The minimum absolute atomic E-state index is 0.000457. The first-order valence-electron chi connectivity index (χ1n) is 14.8. The third-order valence-corrected chi connectivity index (χ3v) is 9.61. The zero-order chi connectivity index (χ0) is 34.7. The molecule has 1 unspecified atom stereocenters. The average molecular weight is 729 g/mol. The molecule has 0 spiro atoms. The minimum Gasteiger partial charge on any atom is -0.465 e. The van der Waals surface area contributed by atoms with Crippen molar-refractivity contribution in [2.45, 2.75) is 70.0 Å². The van der Waals surface area contributed by atoms with Crippen LogP contribution in [0.25, 0.3) is 10.9 Å². The summed E-state index contributed by atoms with van der Waals surface area (Å²) in [5.74, 6) is -1.41. The number of rotatable bonds is 13. The van der Waals surface area contributed by atoms with E-state index < -0.39 is 43.4 Å². The van der Waals surface area contributed by atoms with Crippen LogP contribution in [0.3, 0.4) is 0 Å². The number of thiocarbonyl (C=S) groups is 1. The summed E-state index contributed by atoms with van der Waals surface area (Å²) in [6.07, 6.45) is -0.000725. The number of carboxylic acid groups (broad SMARTS) is 1. The number of carbonyl (C=O) groups is 3. The van der Waals surface area contributed by atoms with E-state index in [0.29, 0.717) is 39.4 Å². The van der Waals surface area contributed by atoms with Gasteiger partial charge in [0.25, 0.3) is 0 Å². The standard InChI is InChI=1S/C30H36Cl2N5O8PS/c1-3-15(2)24(26(33)47)36-28(39)30(11-10-22-20(14-30)19-12-17(31)13-21(32)25(19)34-22)37-27(38)23(35-29(40)41)9-6-16-4-7-18(8-5-16)45-46(42,43)44/h4-5,7-8,12-13,15,23-24,34-35H,3,6,9-11,14H2,1-2H3,(H2,33,47)(H,36,39)(H,37,38)(H,40,41)(H2,42,43,44)/t15-,23?,24-,30+/m0/s1. The number of aromatic amines is 1. The molecule has 47 heavy (non-hydrogen) atoms. The number of nitrogens with two attached hydrogens (primary N) is 1. The minimum atomic E-state index is -4.74. The predicted molar refractivity (Wildman–Crippen MR) is 182 cm³/mol. The summed E-state index contributed by atoms with van der Waals surface area (Å²) in [7, 11) is -4.74. The maximum atomic E-state index is 14.2. The fourth-order valence-electron chi connectivity index (χ4n) is 5.74. The van der Waals surface area contributed by atoms with Crippen molar-refractivity contribution in [3.05, 3.63) is 63.3 Å². The number of nitrogens with one attached hydrogen (secondary N) is 4. The van der Waals surface area contributed by atoms with Crippen LogP contribution in [0.5, 0.6) is 5.75 Å². The van der Waals surface area contributed by atoms with Gasteiger partial charge < -0.3 is 36.3 Å². The lowest BCUT2D eigenvalue weighted by Gasteiger charge is -2.39. The van der Waals surface area contributed by atoms with Gasteiger partial charge in [-0.25, -0.2) is 9.36 Å². The Hall–Kier alpha value is -3.39. The highest BCUT2D eigenvalue weighted by molar-refractivity contribution is 7.80. The Morgan fingerprint density at radius 2 is 1.85 bits per heavy atom. The van der Waals surface area contributed by atoms with Crippen LogP contribution in [0.4, 0.5) is 4.79 Å². The van der Waals surface area contributed by atoms with Crippen LogP contribution < -0.4 is 26.2 Å². The summed E-state index contributed by atoms with van der Waals surface area (Å²) in [4.78, 5) is 61.3. The highest BCUT2D eigenvalue weighted by Crippen LogP contribution is 2.39. The molecule has 0 saturated carbocycles. The number of aromatic nitrogens is 1. The average Bonchev–Trinajstić information content (AvgIpc) is 3.34. The molecule has 254 valence electrons. The number of halogens is 2. The lowest BCUT2D eigenvalue weighted by molar-refractivity contribution is -0.135. The number of phosphoric acid groups is 1. The Morgan fingerprint density at radius 3 is 2.45 bits per heavy atom. The molecular weight excluding hydrogens is 692 g/mol. The lowest BCUT2D eigenvalue weighted by atomic mass is 9.78. The summed E-state index contributed by atoms with van der Waals surface area (Å²) in [6.45, 7) is 3.84. The Balaban J connectivity index is 1.65. The molecule has 0 fully saturated rings. The van der Waals surface area contributed by atoms with Crippen LogP contribution >= 0.6 is 43.2 Å². The molecule has 13 nitrogen and oxygen atoms in total. The van der Waals surface area contributed by atoms with Gasteiger partial charge in [0.1, 0.15) is 17.3 Å². The molecule has 0 aliphatic heterocycles. The molecule has 0 bridgehead atoms. The number of aryl methyl sites for hydroxylation is 2. The number of hydrogen-bond acceptors (Lipinski definition) is 6. The molecule has 4 atom stereocenters. The van der Waals surface area contributed by atoms with Crippen molar-refractivity contribution in [2.24, 2.45) is 11.7 Å². The van der Waals surface area contributed by atoms with Gasteiger partial charge in [0.2, 0.25) is 11.8 Å². The smallest absolute Gasteiger partial charge is 0.465 e. The molecule has 2 aromatic carbocycles. The van der Waals surface area contributed by atoms with E-state index in [0.717, 1.165) is 11.3 Å². The Bertz CT molecular complexity index is 1730. The summed E-state index contributed by atoms with van der Waals surface area (Å²) in [5, 5.41) is 19.2. The van der Waals surface area contributed by atoms with Crippen molar-refractivity contribution >= 4 is 77.0 Å². The van der Waals surface area contributed by atoms with Crippen LogP contribution in [-0.4, -0.2) is 60.4 Å². The van der Waals surface area contributed by atoms with Gasteiger partial charge in [-0.05, 0) is 67.0 Å². The first-order chi connectivity index (χ1) is 22.0. The fourth-order valence-corrected chi connectivity index (χ4v) is 6.97. The van der Waals surface area contributed by atoms with E-state index in [4.69, 9.17) is 50.9 Å². The molecule has 4 rings (SSSR count). The lowest BCUT2D eigenvalue weighted by Crippen LogP contribution is -2.66. The zero-order valence-electron chi connectivity index (χ0n) is 25.5. The quantitative estimate of drug-likeness (QED) is 0.0918. The summed E-state index contributed by atoms with van der Waals surface area (Å²) < 4.78 is 15.7. The van der Waals surface area contributed by atoms with Crippen LogP contribution in [-0.2, 0) is 33.4 Å². The number of amides is 3. The number of H-pyrrole nitrogens is 1. The topological polar surface area (TPSA) is 216 Å². The van der Waals surface area contributed by atoms with Gasteiger partial charge in [0, 0.05) is 22.5 Å². The van der Waals surface area contributed by atoms with E-state index in [-0.39, 0.29) is 42.3 Å². The highest BCUT2D eigenvalue weighted by Gasteiger charge is 2.46. The number of carbonyl (C=O) groups excluding carboxylic acids is 2. The van der Waals surface area contributed by atoms with Gasteiger partial charge >= 0.3 is 13.9 Å². The van der Waals surface area contributed by atoms with Crippen molar-refractivity contribution in [2.75, 3.05) is 0 Å². The summed E-state index contributed by atoms with van der Waals surface area (Å²) in [5.41, 5.74) is 7.35. The van der Waals surface area contributed by atoms with Crippen molar-refractivity contribution in [3.8, 4) is 5.75 Å². The van der Waals surface area contributed by atoms with Gasteiger partial charge in [-0.1, -0.05) is 67.8 Å². The third kappa shape index (κ3) is 8.95.